The smallest absolute Gasteiger partial charge is 0.239 e. The van der Waals surface area contributed by atoms with Crippen LogP contribution in [0.2, 0.25) is 0 Å². The second-order valence-corrected chi connectivity index (χ2v) is 5.51. The summed E-state index contributed by atoms with van der Waals surface area (Å²) < 4.78 is 5.39. The van der Waals surface area contributed by atoms with Crippen molar-refractivity contribution in [1.29, 1.82) is 0 Å². The molecule has 20 heavy (non-hydrogen) atoms. The summed E-state index contributed by atoms with van der Waals surface area (Å²) >= 11 is 0. The van der Waals surface area contributed by atoms with E-state index in [4.69, 9.17) is 10.5 Å². The molecule has 0 spiro atoms. The minimum atomic E-state index is -0.414. The highest BCUT2D eigenvalue weighted by Gasteiger charge is 2.19. The Hall–Kier alpha value is -1.55. The van der Waals surface area contributed by atoms with E-state index in [9.17, 15) is 4.79 Å². The fraction of sp³-hybridized carbons (Fsp3) is 0.562. The van der Waals surface area contributed by atoms with E-state index in [1.165, 1.54) is 0 Å². The SMILES string of the molecule is CCOc1ccc(CN(C)C(=O)[C@@H](N)CC(C)C)cc1. The number of nitrogens with zero attached hydrogens (tertiary/aromatic N) is 1. The first-order valence-corrected chi connectivity index (χ1v) is 7.16. The summed E-state index contributed by atoms with van der Waals surface area (Å²) in [6.45, 7) is 7.31. The number of hydrogen-bond acceptors (Lipinski definition) is 3. The highest BCUT2D eigenvalue weighted by molar-refractivity contribution is 5.81. The molecule has 1 amide bonds. The number of likely N-dealkylation sites (N-methyl/N-ethyl adjacent to an activating group) is 1. The van der Waals surface area contributed by atoms with Gasteiger partial charge >= 0.3 is 0 Å². The third kappa shape index (κ3) is 5.21. The predicted octanol–water partition coefficient (Wildman–Crippen LogP) is 2.42. The summed E-state index contributed by atoms with van der Waals surface area (Å²) in [7, 11) is 1.79. The molecule has 0 bridgehead atoms. The average molecular weight is 278 g/mol. The maximum Gasteiger partial charge on any atom is 0.239 e. The van der Waals surface area contributed by atoms with E-state index in [2.05, 4.69) is 13.8 Å². The van der Waals surface area contributed by atoms with Gasteiger partial charge in [-0.15, -0.1) is 0 Å². The van der Waals surface area contributed by atoms with Gasteiger partial charge in [-0.1, -0.05) is 26.0 Å². The Kier molecular flexibility index (Phi) is 6.52. The number of ether oxygens (including phenoxy) is 1. The lowest BCUT2D eigenvalue weighted by Gasteiger charge is -2.22. The van der Waals surface area contributed by atoms with Crippen LogP contribution in [0.4, 0.5) is 0 Å². The molecule has 0 heterocycles. The van der Waals surface area contributed by atoms with Crippen molar-refractivity contribution in [2.45, 2.75) is 39.8 Å². The molecule has 0 radical (unpaired) electrons. The number of benzene rings is 1. The second-order valence-electron chi connectivity index (χ2n) is 5.51. The largest absolute Gasteiger partial charge is 0.494 e. The zero-order valence-electron chi connectivity index (χ0n) is 12.9. The molecular formula is C16H26N2O2. The standard InChI is InChI=1S/C16H26N2O2/c1-5-20-14-8-6-13(7-9-14)11-18(4)16(19)15(17)10-12(2)3/h6-9,12,15H,5,10-11,17H2,1-4H3/t15-/m0/s1. The molecule has 0 aliphatic rings. The summed E-state index contributed by atoms with van der Waals surface area (Å²) in [5.74, 6) is 1.27. The minimum absolute atomic E-state index is 0.00687. The van der Waals surface area contributed by atoms with E-state index in [0.29, 0.717) is 25.5 Å². The molecule has 112 valence electrons. The molecular weight excluding hydrogens is 252 g/mol. The number of amides is 1. The van der Waals surface area contributed by atoms with Gasteiger partial charge in [0.25, 0.3) is 0 Å². The zero-order valence-corrected chi connectivity index (χ0v) is 12.9. The normalized spacial score (nSPS) is 12.3. The quantitative estimate of drug-likeness (QED) is 0.833. The molecule has 0 fully saturated rings. The van der Waals surface area contributed by atoms with Crippen molar-refractivity contribution < 1.29 is 9.53 Å². The van der Waals surface area contributed by atoms with E-state index in [1.54, 1.807) is 11.9 Å². The molecule has 0 saturated carbocycles. The van der Waals surface area contributed by atoms with Gasteiger partial charge in [0.1, 0.15) is 5.75 Å². The maximum absolute atomic E-state index is 12.1. The Balaban J connectivity index is 2.56. The highest BCUT2D eigenvalue weighted by atomic mass is 16.5. The van der Waals surface area contributed by atoms with Crippen LogP contribution in [0.1, 0.15) is 32.8 Å². The molecule has 1 aromatic carbocycles. The first kappa shape index (κ1) is 16.5. The first-order chi connectivity index (χ1) is 9.43. The Morgan fingerprint density at radius 2 is 1.90 bits per heavy atom. The van der Waals surface area contributed by atoms with Crippen LogP contribution in [-0.2, 0) is 11.3 Å². The Bertz CT molecular complexity index is 415. The van der Waals surface area contributed by atoms with Gasteiger partial charge in [0.05, 0.1) is 12.6 Å². The summed E-state index contributed by atoms with van der Waals surface area (Å²) in [6, 6.07) is 7.38. The summed E-state index contributed by atoms with van der Waals surface area (Å²) in [4.78, 5) is 13.8. The molecule has 0 aliphatic carbocycles. The Labute approximate surface area is 121 Å². The van der Waals surface area contributed by atoms with Gasteiger partial charge in [0, 0.05) is 13.6 Å². The number of carbonyl (C=O) groups is 1. The number of hydrogen-bond donors (Lipinski definition) is 1. The number of rotatable bonds is 7. The van der Waals surface area contributed by atoms with E-state index in [-0.39, 0.29) is 5.91 Å². The molecule has 1 aromatic rings. The Morgan fingerprint density at radius 3 is 2.40 bits per heavy atom. The number of nitrogens with two attached hydrogens (primary N) is 1. The van der Waals surface area contributed by atoms with Crippen LogP contribution in [0, 0.1) is 5.92 Å². The third-order valence-corrected chi connectivity index (χ3v) is 3.07. The van der Waals surface area contributed by atoms with E-state index in [1.807, 2.05) is 31.2 Å². The molecule has 2 N–H and O–H groups in total. The van der Waals surface area contributed by atoms with Gasteiger partial charge in [-0.05, 0) is 37.0 Å². The molecule has 4 nitrogen and oxygen atoms in total. The molecule has 0 unspecified atom stereocenters. The van der Waals surface area contributed by atoms with E-state index >= 15 is 0 Å². The van der Waals surface area contributed by atoms with E-state index < -0.39 is 6.04 Å². The lowest BCUT2D eigenvalue weighted by molar-refractivity contribution is -0.132. The van der Waals surface area contributed by atoms with Crippen LogP contribution in [0.15, 0.2) is 24.3 Å². The Morgan fingerprint density at radius 1 is 1.30 bits per heavy atom. The van der Waals surface area contributed by atoms with Crippen LogP contribution >= 0.6 is 0 Å². The van der Waals surface area contributed by atoms with Crippen LogP contribution in [0.5, 0.6) is 5.75 Å². The summed E-state index contributed by atoms with van der Waals surface area (Å²) in [6.07, 6.45) is 0.715. The average Bonchev–Trinajstić information content (AvgIpc) is 2.39. The van der Waals surface area contributed by atoms with Crippen molar-refractivity contribution in [3.8, 4) is 5.75 Å². The third-order valence-electron chi connectivity index (χ3n) is 3.07. The fourth-order valence-electron chi connectivity index (χ4n) is 2.10. The predicted molar refractivity (Wildman–Crippen MR) is 81.5 cm³/mol. The molecule has 0 aliphatic heterocycles. The number of carbonyl (C=O) groups excluding carboxylic acids is 1. The van der Waals surface area contributed by atoms with Crippen LogP contribution in [0.25, 0.3) is 0 Å². The maximum atomic E-state index is 12.1. The fourth-order valence-corrected chi connectivity index (χ4v) is 2.10. The molecule has 1 rings (SSSR count). The van der Waals surface area contributed by atoms with Crippen molar-refractivity contribution >= 4 is 5.91 Å². The van der Waals surface area contributed by atoms with Crippen LogP contribution in [0.3, 0.4) is 0 Å². The van der Waals surface area contributed by atoms with Gasteiger partial charge in [-0.2, -0.15) is 0 Å². The van der Waals surface area contributed by atoms with Crippen molar-refractivity contribution in [3.63, 3.8) is 0 Å². The van der Waals surface area contributed by atoms with E-state index in [0.717, 1.165) is 11.3 Å². The van der Waals surface area contributed by atoms with Gasteiger partial charge in [0.2, 0.25) is 5.91 Å². The molecule has 0 saturated heterocycles. The first-order valence-electron chi connectivity index (χ1n) is 7.16. The van der Waals surface area contributed by atoms with Crippen molar-refractivity contribution in [2.24, 2.45) is 11.7 Å². The molecule has 4 heteroatoms. The van der Waals surface area contributed by atoms with Crippen molar-refractivity contribution in [3.05, 3.63) is 29.8 Å². The second kappa shape index (κ2) is 7.90. The molecule has 0 aromatic heterocycles. The van der Waals surface area contributed by atoms with Gasteiger partial charge in [0.15, 0.2) is 0 Å². The lowest BCUT2D eigenvalue weighted by atomic mass is 10.0. The zero-order chi connectivity index (χ0) is 15.1. The summed E-state index contributed by atoms with van der Waals surface area (Å²) in [5, 5.41) is 0. The minimum Gasteiger partial charge on any atom is -0.494 e. The van der Waals surface area contributed by atoms with Crippen molar-refractivity contribution in [2.75, 3.05) is 13.7 Å². The summed E-state index contributed by atoms with van der Waals surface area (Å²) in [5.41, 5.74) is 7.00. The van der Waals surface area contributed by atoms with Crippen LogP contribution in [-0.4, -0.2) is 30.5 Å². The lowest BCUT2D eigenvalue weighted by Crippen LogP contribution is -2.42. The van der Waals surface area contributed by atoms with Gasteiger partial charge in [-0.25, -0.2) is 0 Å². The highest BCUT2D eigenvalue weighted by Crippen LogP contribution is 2.14. The van der Waals surface area contributed by atoms with Gasteiger partial charge < -0.3 is 15.4 Å². The monoisotopic (exact) mass is 278 g/mol. The van der Waals surface area contributed by atoms with Crippen LogP contribution < -0.4 is 10.5 Å². The van der Waals surface area contributed by atoms with Crippen molar-refractivity contribution in [1.82, 2.24) is 4.90 Å². The topological polar surface area (TPSA) is 55.6 Å². The van der Waals surface area contributed by atoms with Gasteiger partial charge in [-0.3, -0.25) is 4.79 Å². The molecule has 1 atom stereocenters.